The van der Waals surface area contributed by atoms with Crippen LogP contribution in [-0.2, 0) is 9.59 Å². The molecule has 0 aliphatic carbocycles. The molecule has 0 aliphatic rings. The van der Waals surface area contributed by atoms with Crippen molar-refractivity contribution < 1.29 is 28.3 Å². The maximum Gasteiger partial charge on any atom is 0.272 e. The van der Waals surface area contributed by atoms with Gasteiger partial charge in [0.1, 0.15) is 28.2 Å². The number of hydrogen-bond donors (Lipinski definition) is 3. The quantitative estimate of drug-likeness (QED) is 0.0984. The van der Waals surface area contributed by atoms with E-state index < -0.39 is 17.1 Å². The van der Waals surface area contributed by atoms with Gasteiger partial charge in [0.2, 0.25) is 5.91 Å². The number of benzene rings is 4. The number of hydrogen-bond acceptors (Lipinski definition) is 7. The van der Waals surface area contributed by atoms with E-state index in [4.69, 9.17) is 13.9 Å². The van der Waals surface area contributed by atoms with E-state index in [0.717, 1.165) is 10.5 Å². The summed E-state index contributed by atoms with van der Waals surface area (Å²) >= 11 is 1.36. The third-order valence-electron chi connectivity index (χ3n) is 6.68. The first-order valence-corrected chi connectivity index (χ1v) is 15.1. The standard InChI is InChI=1S/C36H31N3O6S/c1-43-29-20-27(21-30(22-29)44-2)38-36(42)33(24-10-5-3-6-11-24)46-31-17-15-26(16-18-31)37-35(41)32(23-28-14-9-19-45-28)39-34(40)25-12-7-4-8-13-25/h3-23,33H,1-2H3,(H,37,41)(H,38,42)(H,39,40)/b32-23-. The van der Waals surface area contributed by atoms with Crippen LogP contribution in [0, 0.1) is 0 Å². The summed E-state index contributed by atoms with van der Waals surface area (Å²) in [5.74, 6) is 0.318. The number of rotatable bonds is 12. The van der Waals surface area contributed by atoms with E-state index >= 15 is 0 Å². The zero-order valence-electron chi connectivity index (χ0n) is 25.1. The summed E-state index contributed by atoms with van der Waals surface area (Å²) in [6, 6.07) is 33.7. The smallest absolute Gasteiger partial charge is 0.272 e. The summed E-state index contributed by atoms with van der Waals surface area (Å²) in [4.78, 5) is 40.5. The van der Waals surface area contributed by atoms with Crippen molar-refractivity contribution in [1.29, 1.82) is 0 Å². The van der Waals surface area contributed by atoms with Gasteiger partial charge in [-0.15, -0.1) is 11.8 Å². The molecule has 3 N–H and O–H groups in total. The van der Waals surface area contributed by atoms with Gasteiger partial charge in [-0.1, -0.05) is 48.5 Å². The van der Waals surface area contributed by atoms with Gasteiger partial charge in [0.25, 0.3) is 11.8 Å². The van der Waals surface area contributed by atoms with E-state index in [0.29, 0.717) is 34.2 Å². The van der Waals surface area contributed by atoms with Crippen molar-refractivity contribution >= 4 is 46.9 Å². The number of carbonyl (C=O) groups is 3. The molecule has 5 rings (SSSR count). The lowest BCUT2D eigenvalue weighted by atomic mass is 10.1. The van der Waals surface area contributed by atoms with Crippen molar-refractivity contribution in [3.05, 3.63) is 144 Å². The Hall–Kier alpha value is -5.74. The van der Waals surface area contributed by atoms with E-state index in [2.05, 4.69) is 16.0 Å². The summed E-state index contributed by atoms with van der Waals surface area (Å²) in [5.41, 5.74) is 2.28. The van der Waals surface area contributed by atoms with Crippen LogP contribution >= 0.6 is 11.8 Å². The summed E-state index contributed by atoms with van der Waals surface area (Å²) in [7, 11) is 3.10. The molecular weight excluding hydrogens is 602 g/mol. The van der Waals surface area contributed by atoms with Crippen LogP contribution in [0.2, 0.25) is 0 Å². The molecule has 0 saturated carbocycles. The number of nitrogens with one attached hydrogen (secondary N) is 3. The molecule has 0 fully saturated rings. The van der Waals surface area contributed by atoms with E-state index in [1.165, 1.54) is 24.1 Å². The lowest BCUT2D eigenvalue weighted by molar-refractivity contribution is -0.116. The van der Waals surface area contributed by atoms with Crippen LogP contribution in [0.1, 0.15) is 26.9 Å². The van der Waals surface area contributed by atoms with Gasteiger partial charge in [-0.3, -0.25) is 14.4 Å². The number of anilines is 2. The molecule has 5 aromatic rings. The van der Waals surface area contributed by atoms with Gasteiger partial charge < -0.3 is 29.8 Å². The van der Waals surface area contributed by atoms with Crippen molar-refractivity contribution in [3.8, 4) is 11.5 Å². The Morgan fingerprint density at radius 1 is 0.739 bits per heavy atom. The van der Waals surface area contributed by atoms with Gasteiger partial charge in [-0.05, 0) is 54.1 Å². The SMILES string of the molecule is COc1cc(NC(=O)C(Sc2ccc(NC(=O)/C(=C/c3ccco3)NC(=O)c3ccccc3)cc2)c2ccccc2)cc(OC)c1. The summed E-state index contributed by atoms with van der Waals surface area (Å²) in [6.07, 6.45) is 2.94. The molecule has 3 amide bonds. The van der Waals surface area contributed by atoms with Gasteiger partial charge in [-0.2, -0.15) is 0 Å². The first kappa shape index (κ1) is 31.7. The molecule has 4 aromatic carbocycles. The fourth-order valence-corrected chi connectivity index (χ4v) is 5.42. The Morgan fingerprint density at radius 3 is 2.00 bits per heavy atom. The molecule has 0 radical (unpaired) electrons. The van der Waals surface area contributed by atoms with E-state index in [9.17, 15) is 14.4 Å². The Morgan fingerprint density at radius 2 is 1.39 bits per heavy atom. The number of methoxy groups -OCH3 is 2. The maximum absolute atomic E-state index is 13.6. The average molecular weight is 634 g/mol. The number of amides is 3. The molecule has 0 spiro atoms. The second-order valence-corrected chi connectivity index (χ2v) is 11.0. The van der Waals surface area contributed by atoms with Gasteiger partial charge in [0, 0.05) is 46.1 Å². The van der Waals surface area contributed by atoms with Crippen molar-refractivity contribution in [2.24, 2.45) is 0 Å². The van der Waals surface area contributed by atoms with Crippen LogP contribution in [0.4, 0.5) is 11.4 Å². The van der Waals surface area contributed by atoms with Gasteiger partial charge >= 0.3 is 0 Å². The van der Waals surface area contributed by atoms with E-state index in [-0.39, 0.29) is 11.6 Å². The van der Waals surface area contributed by atoms with Gasteiger partial charge in [-0.25, -0.2) is 0 Å². The highest BCUT2D eigenvalue weighted by molar-refractivity contribution is 8.00. The summed E-state index contributed by atoms with van der Waals surface area (Å²) in [5, 5.41) is 7.90. The van der Waals surface area contributed by atoms with Crippen LogP contribution in [0.15, 0.2) is 137 Å². The zero-order chi connectivity index (χ0) is 32.3. The highest BCUT2D eigenvalue weighted by atomic mass is 32.2. The third-order valence-corrected chi connectivity index (χ3v) is 7.95. The molecule has 10 heteroatoms. The first-order chi connectivity index (χ1) is 22.4. The predicted octanol–water partition coefficient (Wildman–Crippen LogP) is 7.18. The van der Waals surface area contributed by atoms with Gasteiger partial charge in [0.05, 0.1) is 20.5 Å². The number of furan rings is 1. The molecule has 1 heterocycles. The van der Waals surface area contributed by atoms with E-state index in [1.807, 2.05) is 42.5 Å². The van der Waals surface area contributed by atoms with Crippen molar-refractivity contribution in [2.75, 3.05) is 24.9 Å². The molecule has 9 nitrogen and oxygen atoms in total. The Balaban J connectivity index is 1.31. The molecule has 1 unspecified atom stereocenters. The monoisotopic (exact) mass is 633 g/mol. The third kappa shape index (κ3) is 8.46. The molecule has 232 valence electrons. The molecular formula is C36H31N3O6S. The van der Waals surface area contributed by atoms with Crippen molar-refractivity contribution in [3.63, 3.8) is 0 Å². The van der Waals surface area contributed by atoms with Crippen molar-refractivity contribution in [1.82, 2.24) is 5.32 Å². The molecule has 0 bridgehead atoms. The second kappa shape index (κ2) is 15.3. The van der Waals surface area contributed by atoms with Crippen LogP contribution < -0.4 is 25.4 Å². The molecule has 0 aliphatic heterocycles. The minimum atomic E-state index is -0.588. The topological polar surface area (TPSA) is 119 Å². The summed E-state index contributed by atoms with van der Waals surface area (Å²) in [6.45, 7) is 0. The Kier molecular flexibility index (Phi) is 10.5. The minimum Gasteiger partial charge on any atom is -0.497 e. The van der Waals surface area contributed by atoms with E-state index in [1.54, 1.807) is 87.0 Å². The fraction of sp³-hybridized carbons (Fsp3) is 0.0833. The number of ether oxygens (including phenoxy) is 2. The second-order valence-electron chi connectivity index (χ2n) is 9.87. The first-order valence-electron chi connectivity index (χ1n) is 14.2. The van der Waals surface area contributed by atoms with Crippen molar-refractivity contribution in [2.45, 2.75) is 10.1 Å². The average Bonchev–Trinajstić information content (AvgIpc) is 3.61. The molecule has 1 aromatic heterocycles. The maximum atomic E-state index is 13.6. The number of carbonyl (C=O) groups excluding carboxylic acids is 3. The molecule has 1 atom stereocenters. The Labute approximate surface area is 270 Å². The number of thioether (sulfide) groups is 1. The highest BCUT2D eigenvalue weighted by Gasteiger charge is 2.23. The predicted molar refractivity (Wildman–Crippen MR) is 179 cm³/mol. The highest BCUT2D eigenvalue weighted by Crippen LogP contribution is 2.37. The largest absolute Gasteiger partial charge is 0.497 e. The lowest BCUT2D eigenvalue weighted by Crippen LogP contribution is -2.30. The zero-order valence-corrected chi connectivity index (χ0v) is 25.9. The normalized spacial score (nSPS) is 11.7. The summed E-state index contributed by atoms with van der Waals surface area (Å²) < 4.78 is 16.1. The van der Waals surface area contributed by atoms with Crippen LogP contribution in [0.25, 0.3) is 6.08 Å². The Bertz CT molecular complexity index is 1790. The van der Waals surface area contributed by atoms with Crippen LogP contribution in [0.3, 0.4) is 0 Å². The van der Waals surface area contributed by atoms with Crippen LogP contribution in [-0.4, -0.2) is 31.9 Å². The fourth-order valence-electron chi connectivity index (χ4n) is 4.40. The molecule has 0 saturated heterocycles. The lowest BCUT2D eigenvalue weighted by Gasteiger charge is -2.18. The minimum absolute atomic E-state index is 0.0113. The van der Waals surface area contributed by atoms with Crippen LogP contribution in [0.5, 0.6) is 11.5 Å². The van der Waals surface area contributed by atoms with Gasteiger partial charge in [0.15, 0.2) is 0 Å². The molecule has 46 heavy (non-hydrogen) atoms.